The van der Waals surface area contributed by atoms with E-state index in [9.17, 15) is 0 Å². The van der Waals surface area contributed by atoms with E-state index in [1.165, 1.54) is 5.56 Å². The molecule has 68 valence electrons. The molecular formula is C9H10N2OS. The molecule has 0 unspecified atom stereocenters. The van der Waals surface area contributed by atoms with Crippen LogP contribution in [0.4, 0.5) is 5.69 Å². The predicted molar refractivity (Wildman–Crippen MR) is 56.0 cm³/mol. The molecule has 0 aromatic heterocycles. The second kappa shape index (κ2) is 3.22. The number of fused-ring (bicyclic) bond motifs is 1. The summed E-state index contributed by atoms with van der Waals surface area (Å²) in [5.74, 6) is 0.885. The Morgan fingerprint density at radius 3 is 3.15 bits per heavy atom. The van der Waals surface area contributed by atoms with E-state index in [4.69, 9.17) is 22.7 Å². The predicted octanol–water partition coefficient (Wildman–Crippen LogP) is 1.28. The fraction of sp³-hybridized carbons (Fsp3) is 0.222. The van der Waals surface area contributed by atoms with Crippen LogP contribution in [0, 0.1) is 0 Å². The minimum absolute atomic E-state index is 0.268. The summed E-state index contributed by atoms with van der Waals surface area (Å²) in [6, 6.07) is 5.92. The van der Waals surface area contributed by atoms with Gasteiger partial charge in [0.2, 0.25) is 0 Å². The summed E-state index contributed by atoms with van der Waals surface area (Å²) in [6.07, 6.45) is 0.961. The highest BCUT2D eigenvalue weighted by atomic mass is 32.1. The Labute approximate surface area is 81.9 Å². The van der Waals surface area contributed by atoms with Crippen molar-refractivity contribution in [3.05, 3.63) is 23.8 Å². The van der Waals surface area contributed by atoms with Gasteiger partial charge in [-0.05, 0) is 23.8 Å². The van der Waals surface area contributed by atoms with Crippen LogP contribution < -0.4 is 15.8 Å². The molecule has 0 atom stereocenters. The number of nitrogens with two attached hydrogens (primary N) is 1. The molecule has 3 N–H and O–H groups in total. The molecule has 0 saturated carbocycles. The number of ether oxygens (including phenoxy) is 1. The highest BCUT2D eigenvalue weighted by Gasteiger charge is 2.15. The molecule has 0 saturated heterocycles. The Hall–Kier alpha value is -1.29. The molecule has 1 aliphatic rings. The van der Waals surface area contributed by atoms with Gasteiger partial charge < -0.3 is 15.8 Å². The van der Waals surface area contributed by atoms with Crippen LogP contribution in [0.5, 0.6) is 5.75 Å². The van der Waals surface area contributed by atoms with E-state index in [1.807, 2.05) is 18.2 Å². The quantitative estimate of drug-likeness (QED) is 0.661. The molecule has 1 aromatic carbocycles. The highest BCUT2D eigenvalue weighted by Crippen LogP contribution is 2.33. The number of para-hydroxylation sites is 1. The summed E-state index contributed by atoms with van der Waals surface area (Å²) in [5.41, 5.74) is 7.46. The summed E-state index contributed by atoms with van der Waals surface area (Å²) < 4.78 is 5.45. The SMILES string of the molecule is NC(=S)Nc1cccc2c1OCC2. The minimum atomic E-state index is 0.268. The first-order valence-corrected chi connectivity index (χ1v) is 4.49. The fourth-order valence-corrected chi connectivity index (χ4v) is 1.56. The largest absolute Gasteiger partial charge is 0.491 e. The first-order chi connectivity index (χ1) is 6.27. The third-order valence-electron chi connectivity index (χ3n) is 1.97. The summed E-state index contributed by atoms with van der Waals surface area (Å²) in [7, 11) is 0. The number of hydrogen-bond acceptors (Lipinski definition) is 2. The number of benzene rings is 1. The molecule has 0 amide bonds. The van der Waals surface area contributed by atoms with Crippen molar-refractivity contribution in [2.45, 2.75) is 6.42 Å². The maximum Gasteiger partial charge on any atom is 0.168 e. The lowest BCUT2D eigenvalue weighted by molar-refractivity contribution is 0.358. The van der Waals surface area contributed by atoms with Gasteiger partial charge in [0.1, 0.15) is 5.75 Å². The van der Waals surface area contributed by atoms with Crippen molar-refractivity contribution < 1.29 is 4.74 Å². The molecule has 1 aliphatic heterocycles. The number of hydrogen-bond donors (Lipinski definition) is 2. The average molecular weight is 194 g/mol. The molecule has 0 spiro atoms. The smallest absolute Gasteiger partial charge is 0.168 e. The van der Waals surface area contributed by atoms with E-state index >= 15 is 0 Å². The Bertz CT molecular complexity index is 351. The lowest BCUT2D eigenvalue weighted by Crippen LogP contribution is -2.19. The first kappa shape index (κ1) is 8.31. The van der Waals surface area contributed by atoms with Crippen molar-refractivity contribution in [2.24, 2.45) is 5.73 Å². The topological polar surface area (TPSA) is 47.3 Å². The maximum absolute atomic E-state index is 5.45. The molecular weight excluding hydrogens is 184 g/mol. The van der Waals surface area contributed by atoms with Crippen LogP contribution in [-0.4, -0.2) is 11.7 Å². The summed E-state index contributed by atoms with van der Waals surface area (Å²) in [4.78, 5) is 0. The van der Waals surface area contributed by atoms with Gasteiger partial charge in [0.15, 0.2) is 5.11 Å². The zero-order chi connectivity index (χ0) is 9.26. The normalized spacial score (nSPS) is 13.2. The zero-order valence-corrected chi connectivity index (χ0v) is 7.86. The Balaban J connectivity index is 2.36. The van der Waals surface area contributed by atoms with E-state index in [-0.39, 0.29) is 5.11 Å². The molecule has 1 heterocycles. The monoisotopic (exact) mass is 194 g/mol. The van der Waals surface area contributed by atoms with Gasteiger partial charge >= 0.3 is 0 Å². The summed E-state index contributed by atoms with van der Waals surface area (Å²) in [5, 5.41) is 3.16. The highest BCUT2D eigenvalue weighted by molar-refractivity contribution is 7.80. The van der Waals surface area contributed by atoms with Crippen LogP contribution in [0.3, 0.4) is 0 Å². The zero-order valence-electron chi connectivity index (χ0n) is 7.04. The van der Waals surface area contributed by atoms with Gasteiger partial charge in [0.25, 0.3) is 0 Å². The van der Waals surface area contributed by atoms with Crippen LogP contribution in [0.25, 0.3) is 0 Å². The summed E-state index contributed by atoms with van der Waals surface area (Å²) >= 11 is 4.76. The Morgan fingerprint density at radius 1 is 1.54 bits per heavy atom. The van der Waals surface area contributed by atoms with E-state index < -0.39 is 0 Å². The van der Waals surface area contributed by atoms with Crippen molar-refractivity contribution in [3.8, 4) is 5.75 Å². The molecule has 4 heteroatoms. The number of rotatable bonds is 1. The fourth-order valence-electron chi connectivity index (χ4n) is 1.45. The summed E-state index contributed by atoms with van der Waals surface area (Å²) in [6.45, 7) is 0.741. The molecule has 0 aliphatic carbocycles. The van der Waals surface area contributed by atoms with Crippen LogP contribution in [0.15, 0.2) is 18.2 Å². The number of thiocarbonyl (C=S) groups is 1. The second-order valence-electron chi connectivity index (χ2n) is 2.88. The van der Waals surface area contributed by atoms with Gasteiger partial charge in [-0.25, -0.2) is 0 Å². The van der Waals surface area contributed by atoms with Gasteiger partial charge in [-0.3, -0.25) is 0 Å². The Kier molecular flexibility index (Phi) is 2.06. The van der Waals surface area contributed by atoms with Gasteiger partial charge in [-0.1, -0.05) is 12.1 Å². The van der Waals surface area contributed by atoms with Gasteiger partial charge in [-0.2, -0.15) is 0 Å². The van der Waals surface area contributed by atoms with E-state index in [2.05, 4.69) is 5.32 Å². The molecule has 0 bridgehead atoms. The van der Waals surface area contributed by atoms with Crippen molar-refractivity contribution in [1.29, 1.82) is 0 Å². The standard InChI is InChI=1S/C9H10N2OS/c10-9(13)11-7-3-1-2-6-4-5-12-8(6)7/h1-3H,4-5H2,(H3,10,11,13). The molecule has 0 radical (unpaired) electrons. The minimum Gasteiger partial charge on any atom is -0.491 e. The van der Waals surface area contributed by atoms with Crippen LogP contribution in [0.1, 0.15) is 5.56 Å². The van der Waals surface area contributed by atoms with Crippen LogP contribution in [-0.2, 0) is 6.42 Å². The van der Waals surface area contributed by atoms with E-state index in [0.717, 1.165) is 24.5 Å². The molecule has 3 nitrogen and oxygen atoms in total. The third-order valence-corrected chi connectivity index (χ3v) is 2.07. The molecule has 2 rings (SSSR count). The molecule has 13 heavy (non-hydrogen) atoms. The lowest BCUT2D eigenvalue weighted by atomic mass is 10.1. The lowest BCUT2D eigenvalue weighted by Gasteiger charge is -2.08. The van der Waals surface area contributed by atoms with E-state index in [1.54, 1.807) is 0 Å². The van der Waals surface area contributed by atoms with Crippen molar-refractivity contribution in [2.75, 3.05) is 11.9 Å². The number of nitrogens with one attached hydrogen (secondary N) is 1. The third kappa shape index (κ3) is 1.58. The van der Waals surface area contributed by atoms with Gasteiger partial charge in [0.05, 0.1) is 12.3 Å². The maximum atomic E-state index is 5.45. The van der Waals surface area contributed by atoms with Gasteiger partial charge in [0, 0.05) is 6.42 Å². The number of anilines is 1. The second-order valence-corrected chi connectivity index (χ2v) is 3.32. The van der Waals surface area contributed by atoms with Crippen molar-refractivity contribution in [1.82, 2.24) is 0 Å². The molecule has 0 fully saturated rings. The Morgan fingerprint density at radius 2 is 2.38 bits per heavy atom. The van der Waals surface area contributed by atoms with Crippen LogP contribution >= 0.6 is 12.2 Å². The average Bonchev–Trinajstić information content (AvgIpc) is 2.51. The first-order valence-electron chi connectivity index (χ1n) is 4.08. The van der Waals surface area contributed by atoms with Gasteiger partial charge in [-0.15, -0.1) is 0 Å². The van der Waals surface area contributed by atoms with E-state index in [0.29, 0.717) is 0 Å². The van der Waals surface area contributed by atoms with Crippen molar-refractivity contribution >= 4 is 23.0 Å². The van der Waals surface area contributed by atoms with Crippen LogP contribution in [0.2, 0.25) is 0 Å². The molecule has 1 aromatic rings. The van der Waals surface area contributed by atoms with Crippen molar-refractivity contribution in [3.63, 3.8) is 0 Å².